The van der Waals surface area contributed by atoms with Crippen molar-refractivity contribution in [1.82, 2.24) is 4.98 Å². The van der Waals surface area contributed by atoms with Gasteiger partial charge in [-0.1, -0.05) is 11.8 Å². The lowest BCUT2D eigenvalue weighted by atomic mass is 9.82. The average Bonchev–Trinajstić information content (AvgIpc) is 2.70. The molecule has 0 spiro atoms. The maximum absolute atomic E-state index is 11.3. The molecule has 2 atom stereocenters. The first-order valence-electron chi connectivity index (χ1n) is 5.25. The Morgan fingerprint density at radius 3 is 3.12 bits per heavy atom. The summed E-state index contributed by atoms with van der Waals surface area (Å²) in [5.74, 6) is -0.412. The second kappa shape index (κ2) is 4.47. The van der Waals surface area contributed by atoms with Crippen molar-refractivity contribution in [2.45, 2.75) is 41.7 Å². The van der Waals surface area contributed by atoms with Gasteiger partial charge in [0.1, 0.15) is 6.26 Å². The maximum atomic E-state index is 11.3. The van der Waals surface area contributed by atoms with E-state index in [0.29, 0.717) is 18.1 Å². The molecule has 88 valence electrons. The van der Waals surface area contributed by atoms with Crippen LogP contribution in [0.3, 0.4) is 0 Å². The van der Waals surface area contributed by atoms with Crippen molar-refractivity contribution >= 4 is 17.7 Å². The van der Waals surface area contributed by atoms with E-state index in [1.165, 1.54) is 18.0 Å². The largest absolute Gasteiger partial charge is 0.440 e. The van der Waals surface area contributed by atoms with E-state index in [-0.39, 0.29) is 5.25 Å². The lowest BCUT2D eigenvalue weighted by Crippen LogP contribution is -2.55. The summed E-state index contributed by atoms with van der Waals surface area (Å²) in [7, 11) is 0. The first-order chi connectivity index (χ1) is 7.60. The number of nitrogens with two attached hydrogens (primary N) is 2. The number of primary amides is 1. The molecule has 0 radical (unpaired) electrons. The molecule has 0 bridgehead atoms. The fraction of sp³-hybridized carbons (Fsp3) is 0.600. The van der Waals surface area contributed by atoms with Crippen molar-refractivity contribution in [1.29, 1.82) is 0 Å². The summed E-state index contributed by atoms with van der Waals surface area (Å²) in [6, 6.07) is 0. The third kappa shape index (κ3) is 2.38. The second-order valence-corrected chi connectivity index (χ2v) is 5.41. The Balaban J connectivity index is 1.99. The molecule has 1 aliphatic carbocycles. The molecule has 1 aliphatic rings. The molecule has 1 fully saturated rings. The zero-order valence-corrected chi connectivity index (χ0v) is 9.70. The predicted molar refractivity (Wildman–Crippen MR) is 60.7 cm³/mol. The minimum atomic E-state index is -0.859. The molecule has 2 rings (SSSR count). The van der Waals surface area contributed by atoms with E-state index in [0.717, 1.165) is 12.8 Å². The van der Waals surface area contributed by atoms with Crippen LogP contribution in [-0.2, 0) is 4.79 Å². The number of thioether (sulfide) groups is 1. The van der Waals surface area contributed by atoms with Crippen LogP contribution in [0.4, 0.5) is 0 Å². The zero-order valence-electron chi connectivity index (χ0n) is 8.89. The summed E-state index contributed by atoms with van der Waals surface area (Å²) >= 11 is 1.53. The van der Waals surface area contributed by atoms with E-state index in [1.54, 1.807) is 6.20 Å². The highest BCUT2D eigenvalue weighted by Crippen LogP contribution is 2.36. The number of oxazole rings is 1. The van der Waals surface area contributed by atoms with Gasteiger partial charge in [-0.15, -0.1) is 0 Å². The Kier molecular flexibility index (Phi) is 3.20. The van der Waals surface area contributed by atoms with Gasteiger partial charge >= 0.3 is 0 Å². The Labute approximate surface area is 98.0 Å². The fourth-order valence-electron chi connectivity index (χ4n) is 1.99. The van der Waals surface area contributed by atoms with Crippen molar-refractivity contribution in [3.63, 3.8) is 0 Å². The second-order valence-electron chi connectivity index (χ2n) is 4.15. The van der Waals surface area contributed by atoms with Gasteiger partial charge < -0.3 is 15.9 Å². The molecule has 1 saturated carbocycles. The fourth-order valence-corrected chi connectivity index (χ4v) is 3.17. The van der Waals surface area contributed by atoms with Crippen LogP contribution in [0.1, 0.15) is 25.7 Å². The van der Waals surface area contributed by atoms with Crippen molar-refractivity contribution in [3.8, 4) is 0 Å². The van der Waals surface area contributed by atoms with Gasteiger partial charge in [0.2, 0.25) is 5.91 Å². The molecule has 4 N–H and O–H groups in total. The highest BCUT2D eigenvalue weighted by atomic mass is 32.2. The average molecular weight is 241 g/mol. The van der Waals surface area contributed by atoms with Crippen LogP contribution < -0.4 is 11.5 Å². The lowest BCUT2D eigenvalue weighted by Gasteiger charge is -2.34. The van der Waals surface area contributed by atoms with E-state index in [9.17, 15) is 4.79 Å². The summed E-state index contributed by atoms with van der Waals surface area (Å²) in [5, 5.41) is 0.878. The minimum absolute atomic E-state index is 0.255. The van der Waals surface area contributed by atoms with Crippen molar-refractivity contribution in [2.75, 3.05) is 0 Å². The standard InChI is InChI=1S/C10H15N3O2S/c11-8(14)10(12)3-1-2-7(6-10)16-9-13-4-5-15-9/h4-5,7H,1-3,6,12H2,(H2,11,14). The monoisotopic (exact) mass is 241 g/mol. The van der Waals surface area contributed by atoms with Crippen LogP contribution in [-0.4, -0.2) is 21.7 Å². The third-order valence-electron chi connectivity index (χ3n) is 2.91. The first kappa shape index (κ1) is 11.5. The van der Waals surface area contributed by atoms with Gasteiger partial charge in [-0.05, 0) is 25.7 Å². The molecule has 1 amide bonds. The number of hydrogen-bond donors (Lipinski definition) is 2. The molecular formula is C10H15N3O2S. The normalized spacial score (nSPS) is 30.2. The van der Waals surface area contributed by atoms with E-state index < -0.39 is 11.4 Å². The van der Waals surface area contributed by atoms with Crippen molar-refractivity contribution in [3.05, 3.63) is 12.5 Å². The van der Waals surface area contributed by atoms with E-state index in [4.69, 9.17) is 15.9 Å². The Morgan fingerprint density at radius 2 is 2.50 bits per heavy atom. The smallest absolute Gasteiger partial charge is 0.255 e. The summed E-state index contributed by atoms with van der Waals surface area (Å²) in [6.07, 6.45) is 6.33. The van der Waals surface area contributed by atoms with E-state index in [2.05, 4.69) is 4.98 Å². The Morgan fingerprint density at radius 1 is 1.69 bits per heavy atom. The van der Waals surface area contributed by atoms with Gasteiger partial charge in [0.15, 0.2) is 0 Å². The number of rotatable bonds is 3. The molecule has 2 unspecified atom stereocenters. The highest BCUT2D eigenvalue weighted by Gasteiger charge is 2.38. The van der Waals surface area contributed by atoms with Gasteiger partial charge in [-0.25, -0.2) is 4.98 Å². The number of carbonyl (C=O) groups excluding carboxylic acids is 1. The Hall–Kier alpha value is -1.01. The molecule has 1 aromatic heterocycles. The number of amides is 1. The highest BCUT2D eigenvalue weighted by molar-refractivity contribution is 7.99. The summed E-state index contributed by atoms with van der Waals surface area (Å²) in [6.45, 7) is 0. The van der Waals surface area contributed by atoms with Gasteiger partial charge in [0, 0.05) is 5.25 Å². The first-order valence-corrected chi connectivity index (χ1v) is 6.13. The molecule has 0 aromatic carbocycles. The van der Waals surface area contributed by atoms with Gasteiger partial charge in [0.25, 0.3) is 5.22 Å². The van der Waals surface area contributed by atoms with Crippen LogP contribution in [0.5, 0.6) is 0 Å². The van der Waals surface area contributed by atoms with Crippen LogP contribution in [0.15, 0.2) is 22.1 Å². The number of hydrogen-bond acceptors (Lipinski definition) is 5. The van der Waals surface area contributed by atoms with Gasteiger partial charge in [0.05, 0.1) is 11.7 Å². The molecule has 1 heterocycles. The number of carbonyl (C=O) groups is 1. The molecule has 16 heavy (non-hydrogen) atoms. The van der Waals surface area contributed by atoms with Crippen molar-refractivity contribution < 1.29 is 9.21 Å². The maximum Gasteiger partial charge on any atom is 0.255 e. The predicted octanol–water partition coefficient (Wildman–Crippen LogP) is 0.892. The van der Waals surface area contributed by atoms with Crippen molar-refractivity contribution in [2.24, 2.45) is 11.5 Å². The van der Waals surface area contributed by atoms with Crippen LogP contribution >= 0.6 is 11.8 Å². The molecule has 1 aromatic rings. The number of nitrogens with zero attached hydrogens (tertiary/aromatic N) is 1. The molecular weight excluding hydrogens is 226 g/mol. The molecule has 6 heteroatoms. The van der Waals surface area contributed by atoms with Gasteiger partial charge in [-0.2, -0.15) is 0 Å². The summed E-state index contributed by atoms with van der Waals surface area (Å²) in [4.78, 5) is 15.3. The third-order valence-corrected chi connectivity index (χ3v) is 4.05. The zero-order chi connectivity index (χ0) is 11.6. The lowest BCUT2D eigenvalue weighted by molar-refractivity contribution is -0.124. The van der Waals surface area contributed by atoms with E-state index in [1.807, 2.05) is 0 Å². The SMILES string of the molecule is NC(=O)C1(N)CCCC(Sc2ncco2)C1. The Bertz CT molecular complexity index is 368. The molecule has 5 nitrogen and oxygen atoms in total. The summed E-state index contributed by atoms with van der Waals surface area (Å²) in [5.41, 5.74) is 10.4. The topological polar surface area (TPSA) is 95.1 Å². The van der Waals surface area contributed by atoms with Gasteiger partial charge in [-0.3, -0.25) is 4.79 Å². The quantitative estimate of drug-likeness (QED) is 0.819. The number of aromatic nitrogens is 1. The van der Waals surface area contributed by atoms with Crippen LogP contribution in [0.25, 0.3) is 0 Å². The molecule has 0 saturated heterocycles. The van der Waals surface area contributed by atoms with Crippen LogP contribution in [0.2, 0.25) is 0 Å². The minimum Gasteiger partial charge on any atom is -0.440 e. The van der Waals surface area contributed by atoms with Crippen LogP contribution in [0, 0.1) is 0 Å². The summed E-state index contributed by atoms with van der Waals surface area (Å²) < 4.78 is 5.16. The molecule has 0 aliphatic heterocycles. The van der Waals surface area contributed by atoms with E-state index >= 15 is 0 Å².